The summed E-state index contributed by atoms with van der Waals surface area (Å²) in [5.41, 5.74) is -3.34. The summed E-state index contributed by atoms with van der Waals surface area (Å²) >= 11 is 0. The number of nitrogens with zero attached hydrogens (tertiary/aromatic N) is 6. The van der Waals surface area contributed by atoms with E-state index in [0.717, 1.165) is 23.0 Å². The van der Waals surface area contributed by atoms with Crippen LogP contribution in [0.5, 0.6) is 17.5 Å². The number of hydrogen-bond acceptors (Lipinski definition) is 9. The largest absolute Gasteiger partial charge is 0.455 e. The van der Waals surface area contributed by atoms with E-state index in [2.05, 4.69) is 24.9 Å². The average Bonchev–Trinajstić information content (AvgIpc) is 2.92. The standard InChI is InChI=1S/C26H21F4N7O4/c1-13-16(9-31)7-15(22(27)28)8-18(13)41-20-21(26(3,29)30)34-12-37(24(20)39)10-17-14(2)35-19(36-23(17)38)11-40-25-32-5-4-6-33-25/h4-8,12,22H,10-11H2,1-3H3,(H,35,36,38). The molecule has 0 aliphatic heterocycles. The van der Waals surface area contributed by atoms with Gasteiger partial charge in [0, 0.05) is 30.4 Å². The van der Waals surface area contributed by atoms with Crippen LogP contribution in [0.4, 0.5) is 17.6 Å². The number of nitriles is 1. The second-order valence-corrected chi connectivity index (χ2v) is 8.85. The molecule has 0 fully saturated rings. The zero-order valence-electron chi connectivity index (χ0n) is 21.8. The van der Waals surface area contributed by atoms with E-state index in [1.807, 2.05) is 0 Å². The summed E-state index contributed by atoms with van der Waals surface area (Å²) in [6, 6.07) is 5.19. The molecular weight excluding hydrogens is 550 g/mol. The van der Waals surface area contributed by atoms with Gasteiger partial charge in [-0.1, -0.05) is 0 Å². The third-order valence-electron chi connectivity index (χ3n) is 5.86. The smallest absolute Gasteiger partial charge is 0.316 e. The van der Waals surface area contributed by atoms with Crippen LogP contribution in [0.3, 0.4) is 0 Å². The van der Waals surface area contributed by atoms with Gasteiger partial charge in [0.25, 0.3) is 23.5 Å². The molecule has 1 N–H and O–H groups in total. The molecule has 0 saturated carbocycles. The van der Waals surface area contributed by atoms with Gasteiger partial charge in [-0.25, -0.2) is 28.7 Å². The van der Waals surface area contributed by atoms with Crippen LogP contribution in [-0.2, 0) is 19.1 Å². The van der Waals surface area contributed by atoms with Gasteiger partial charge in [-0.05, 0) is 32.0 Å². The highest BCUT2D eigenvalue weighted by atomic mass is 19.3. The summed E-state index contributed by atoms with van der Waals surface area (Å²) < 4.78 is 67.4. The van der Waals surface area contributed by atoms with E-state index in [4.69, 9.17) is 9.47 Å². The number of halogens is 4. The number of aryl methyl sites for hydroxylation is 1. The highest BCUT2D eigenvalue weighted by molar-refractivity contribution is 5.51. The monoisotopic (exact) mass is 571 g/mol. The molecule has 15 heteroatoms. The number of aromatic nitrogens is 6. The lowest BCUT2D eigenvalue weighted by Crippen LogP contribution is -2.30. The Morgan fingerprint density at radius 3 is 2.46 bits per heavy atom. The third-order valence-corrected chi connectivity index (χ3v) is 5.86. The Morgan fingerprint density at radius 1 is 1.15 bits per heavy atom. The third kappa shape index (κ3) is 6.38. The number of hydrogen-bond donors (Lipinski definition) is 1. The first-order valence-electron chi connectivity index (χ1n) is 11.9. The Hall–Kier alpha value is -5.13. The minimum Gasteiger partial charge on any atom is -0.455 e. The molecule has 0 aliphatic carbocycles. The molecule has 0 bridgehead atoms. The minimum absolute atomic E-state index is 0.0122. The fourth-order valence-electron chi connectivity index (χ4n) is 3.74. The van der Waals surface area contributed by atoms with Crippen LogP contribution in [0, 0.1) is 25.2 Å². The first-order valence-corrected chi connectivity index (χ1v) is 11.9. The Labute approximate surface area is 229 Å². The maximum absolute atomic E-state index is 14.4. The summed E-state index contributed by atoms with van der Waals surface area (Å²) in [5, 5.41) is 9.32. The van der Waals surface area contributed by atoms with Crippen molar-refractivity contribution in [1.82, 2.24) is 29.5 Å². The molecule has 212 valence electrons. The van der Waals surface area contributed by atoms with Gasteiger partial charge in [0.05, 0.1) is 35.8 Å². The first-order chi connectivity index (χ1) is 19.4. The quantitative estimate of drug-likeness (QED) is 0.293. The van der Waals surface area contributed by atoms with Crippen molar-refractivity contribution < 1.29 is 27.0 Å². The first kappa shape index (κ1) is 28.9. The molecule has 3 heterocycles. The fourth-order valence-corrected chi connectivity index (χ4v) is 3.74. The second-order valence-electron chi connectivity index (χ2n) is 8.85. The number of rotatable bonds is 9. The molecular formula is C26H21F4N7O4. The number of benzene rings is 1. The van der Waals surface area contributed by atoms with Crippen LogP contribution in [0.25, 0.3) is 0 Å². The Morgan fingerprint density at radius 2 is 1.85 bits per heavy atom. The van der Waals surface area contributed by atoms with Gasteiger partial charge < -0.3 is 14.5 Å². The average molecular weight is 571 g/mol. The molecule has 4 aromatic rings. The van der Waals surface area contributed by atoms with Crippen LogP contribution < -0.4 is 20.6 Å². The summed E-state index contributed by atoms with van der Waals surface area (Å²) in [4.78, 5) is 44.4. The number of H-pyrrole nitrogens is 1. The van der Waals surface area contributed by atoms with Gasteiger partial charge in [-0.15, -0.1) is 0 Å². The van der Waals surface area contributed by atoms with Crippen molar-refractivity contribution in [2.24, 2.45) is 0 Å². The van der Waals surface area contributed by atoms with E-state index in [1.165, 1.54) is 26.2 Å². The zero-order valence-corrected chi connectivity index (χ0v) is 21.8. The van der Waals surface area contributed by atoms with E-state index in [0.29, 0.717) is 6.92 Å². The van der Waals surface area contributed by atoms with E-state index >= 15 is 0 Å². The number of aromatic amines is 1. The zero-order chi connectivity index (χ0) is 29.9. The molecule has 41 heavy (non-hydrogen) atoms. The van der Waals surface area contributed by atoms with Crippen molar-refractivity contribution in [2.45, 2.75) is 46.3 Å². The second kappa shape index (κ2) is 11.5. The van der Waals surface area contributed by atoms with Gasteiger partial charge in [0.1, 0.15) is 18.2 Å². The van der Waals surface area contributed by atoms with Crippen molar-refractivity contribution in [3.05, 3.63) is 97.1 Å². The molecule has 0 aliphatic rings. The van der Waals surface area contributed by atoms with Gasteiger partial charge in [0.2, 0.25) is 5.75 Å². The molecule has 0 atom stereocenters. The molecule has 1 aromatic carbocycles. The van der Waals surface area contributed by atoms with Crippen LogP contribution in [0.2, 0.25) is 0 Å². The molecule has 0 unspecified atom stereocenters. The lowest BCUT2D eigenvalue weighted by Gasteiger charge is -2.18. The molecule has 0 spiro atoms. The van der Waals surface area contributed by atoms with Crippen LogP contribution >= 0.6 is 0 Å². The van der Waals surface area contributed by atoms with Crippen molar-refractivity contribution in [3.8, 4) is 23.6 Å². The predicted molar refractivity (Wildman–Crippen MR) is 134 cm³/mol. The SMILES string of the molecule is Cc1nc(COc2ncccn2)[nH]c(=O)c1Cn1cnc(C(C)(F)F)c(Oc2cc(C(F)F)cc(C#N)c2C)c1=O. The van der Waals surface area contributed by atoms with Crippen molar-refractivity contribution >= 4 is 0 Å². The van der Waals surface area contributed by atoms with Gasteiger partial charge in [0.15, 0.2) is 5.69 Å². The van der Waals surface area contributed by atoms with Gasteiger partial charge in [-0.3, -0.25) is 14.2 Å². The maximum Gasteiger partial charge on any atom is 0.316 e. The Balaban J connectivity index is 1.72. The fraction of sp³-hybridized carbons (Fsp3) is 0.269. The highest BCUT2D eigenvalue weighted by Gasteiger charge is 2.34. The van der Waals surface area contributed by atoms with Gasteiger partial charge in [-0.2, -0.15) is 14.0 Å². The molecule has 0 radical (unpaired) electrons. The number of nitrogens with one attached hydrogen (secondary N) is 1. The van der Waals surface area contributed by atoms with E-state index in [1.54, 1.807) is 12.1 Å². The van der Waals surface area contributed by atoms with Crippen LogP contribution in [-0.4, -0.2) is 29.5 Å². The molecule has 4 rings (SSSR count). The lowest BCUT2D eigenvalue weighted by molar-refractivity contribution is 0.0101. The Kier molecular flexibility index (Phi) is 8.13. The molecule has 3 aromatic heterocycles. The predicted octanol–water partition coefficient (Wildman–Crippen LogP) is 4.07. The van der Waals surface area contributed by atoms with Crippen molar-refractivity contribution in [1.29, 1.82) is 5.26 Å². The molecule has 0 amide bonds. The van der Waals surface area contributed by atoms with Crippen molar-refractivity contribution in [2.75, 3.05) is 0 Å². The molecule has 11 nitrogen and oxygen atoms in total. The summed E-state index contributed by atoms with van der Waals surface area (Å²) in [6.45, 7) is 2.73. The summed E-state index contributed by atoms with van der Waals surface area (Å²) in [6.07, 6.45) is 0.747. The Bertz CT molecular complexity index is 1750. The normalized spacial score (nSPS) is 11.4. The topological polar surface area (TPSA) is 149 Å². The van der Waals surface area contributed by atoms with Gasteiger partial charge >= 0.3 is 6.01 Å². The van der Waals surface area contributed by atoms with Crippen LogP contribution in [0.15, 0.2) is 46.5 Å². The lowest BCUT2D eigenvalue weighted by atomic mass is 10.0. The van der Waals surface area contributed by atoms with Crippen LogP contribution in [0.1, 0.15) is 52.8 Å². The number of ether oxygens (including phenoxy) is 2. The van der Waals surface area contributed by atoms with E-state index in [-0.39, 0.29) is 40.8 Å². The summed E-state index contributed by atoms with van der Waals surface area (Å²) in [7, 11) is 0. The van der Waals surface area contributed by atoms with E-state index < -0.39 is 52.8 Å². The maximum atomic E-state index is 14.4. The van der Waals surface area contributed by atoms with E-state index in [9.17, 15) is 32.4 Å². The summed E-state index contributed by atoms with van der Waals surface area (Å²) in [5.74, 6) is -4.88. The van der Waals surface area contributed by atoms with Crippen molar-refractivity contribution in [3.63, 3.8) is 0 Å². The number of alkyl halides is 4. The molecule has 0 saturated heterocycles. The highest BCUT2D eigenvalue weighted by Crippen LogP contribution is 2.36. The minimum atomic E-state index is -3.67.